The van der Waals surface area contributed by atoms with Gasteiger partial charge in [-0.25, -0.2) is 4.98 Å². The molecule has 1 atom stereocenters. The number of hydrogen-bond donors (Lipinski definition) is 1. The van der Waals surface area contributed by atoms with Gasteiger partial charge in [0.25, 0.3) is 5.91 Å². The van der Waals surface area contributed by atoms with Crippen molar-refractivity contribution in [3.8, 4) is 5.75 Å². The third-order valence-electron chi connectivity index (χ3n) is 4.80. The van der Waals surface area contributed by atoms with Crippen molar-refractivity contribution in [3.63, 3.8) is 0 Å². The van der Waals surface area contributed by atoms with Crippen molar-refractivity contribution in [2.45, 2.75) is 51.8 Å². The molecular formula is C20H23N5O3. The lowest BCUT2D eigenvalue weighted by Crippen LogP contribution is -2.36. The summed E-state index contributed by atoms with van der Waals surface area (Å²) in [6.45, 7) is 2.64. The number of carbonyl (C=O) groups is 1. The van der Waals surface area contributed by atoms with Crippen LogP contribution in [0.5, 0.6) is 5.75 Å². The van der Waals surface area contributed by atoms with Gasteiger partial charge in [0.1, 0.15) is 25.0 Å². The molecule has 8 heteroatoms. The molecule has 0 bridgehead atoms. The maximum atomic E-state index is 12.3. The number of fused-ring (bicyclic) bond motifs is 1. The predicted octanol–water partition coefficient (Wildman–Crippen LogP) is 2.54. The Balaban J connectivity index is 1.30. The summed E-state index contributed by atoms with van der Waals surface area (Å²) >= 11 is 0. The number of aryl methyl sites for hydroxylation is 2. The van der Waals surface area contributed by atoms with Crippen LogP contribution in [0.4, 0.5) is 0 Å². The van der Waals surface area contributed by atoms with Gasteiger partial charge in [0.15, 0.2) is 11.5 Å². The molecule has 1 aromatic carbocycles. The third kappa shape index (κ3) is 4.39. The lowest BCUT2D eigenvalue weighted by Gasteiger charge is -2.16. The van der Waals surface area contributed by atoms with Crippen molar-refractivity contribution in [1.29, 1.82) is 0 Å². The van der Waals surface area contributed by atoms with Crippen molar-refractivity contribution >= 4 is 5.91 Å². The second-order valence-electron chi connectivity index (χ2n) is 7.10. The van der Waals surface area contributed by atoms with Crippen LogP contribution < -0.4 is 10.1 Å². The maximum absolute atomic E-state index is 12.3. The second kappa shape index (κ2) is 8.24. The molecule has 0 radical (unpaired) electrons. The summed E-state index contributed by atoms with van der Waals surface area (Å²) in [6.07, 6.45) is 7.80. The van der Waals surface area contributed by atoms with Crippen LogP contribution in [0.25, 0.3) is 0 Å². The Bertz CT molecular complexity index is 935. The van der Waals surface area contributed by atoms with Crippen molar-refractivity contribution in [3.05, 3.63) is 59.5 Å². The van der Waals surface area contributed by atoms with Gasteiger partial charge >= 0.3 is 0 Å². The minimum absolute atomic E-state index is 0.124. The molecule has 1 unspecified atom stereocenters. The number of benzene rings is 1. The summed E-state index contributed by atoms with van der Waals surface area (Å²) in [6, 6.07) is 7.71. The Morgan fingerprint density at radius 2 is 2.14 bits per heavy atom. The number of ether oxygens (including phenoxy) is 1. The van der Waals surface area contributed by atoms with Crippen LogP contribution in [0.2, 0.25) is 0 Å². The minimum atomic E-state index is -0.295. The number of nitrogens with one attached hydrogen (secondary N) is 1. The first kappa shape index (κ1) is 18.2. The molecule has 1 aliphatic rings. The molecule has 28 heavy (non-hydrogen) atoms. The molecule has 8 nitrogen and oxygen atoms in total. The average Bonchev–Trinajstić information content (AvgIpc) is 3.38. The molecule has 0 saturated carbocycles. The van der Waals surface area contributed by atoms with Crippen LogP contribution in [0.15, 0.2) is 41.4 Å². The van der Waals surface area contributed by atoms with E-state index in [0.29, 0.717) is 12.3 Å². The Morgan fingerprint density at radius 1 is 1.29 bits per heavy atom. The number of amides is 1. The molecule has 2 heterocycles. The van der Waals surface area contributed by atoms with Gasteiger partial charge in [-0.15, -0.1) is 0 Å². The van der Waals surface area contributed by atoms with Crippen LogP contribution in [-0.2, 0) is 26.0 Å². The normalized spacial score (nSPS) is 14.3. The molecule has 4 rings (SSSR count). The molecule has 3 aromatic rings. The minimum Gasteiger partial charge on any atom is -0.486 e. The van der Waals surface area contributed by atoms with Crippen molar-refractivity contribution in [2.24, 2.45) is 0 Å². The van der Waals surface area contributed by atoms with Gasteiger partial charge in [-0.1, -0.05) is 11.2 Å². The zero-order valence-corrected chi connectivity index (χ0v) is 15.8. The van der Waals surface area contributed by atoms with E-state index >= 15 is 0 Å². The Hall–Kier alpha value is -3.16. The molecule has 2 aromatic heterocycles. The van der Waals surface area contributed by atoms with Crippen molar-refractivity contribution < 1.29 is 14.1 Å². The number of rotatable bonds is 7. The van der Waals surface area contributed by atoms with E-state index in [1.165, 1.54) is 30.3 Å². The number of hydrogen-bond acceptors (Lipinski definition) is 6. The monoisotopic (exact) mass is 381 g/mol. The lowest BCUT2D eigenvalue weighted by molar-refractivity contribution is 0.0926. The van der Waals surface area contributed by atoms with E-state index in [0.717, 1.165) is 18.6 Å². The predicted molar refractivity (Wildman–Crippen MR) is 101 cm³/mol. The summed E-state index contributed by atoms with van der Waals surface area (Å²) in [5.41, 5.74) is 3.01. The Morgan fingerprint density at radius 3 is 2.96 bits per heavy atom. The van der Waals surface area contributed by atoms with E-state index < -0.39 is 0 Å². The number of nitrogens with zero attached hydrogens (tertiary/aromatic N) is 4. The van der Waals surface area contributed by atoms with E-state index in [4.69, 9.17) is 9.26 Å². The van der Waals surface area contributed by atoms with Gasteiger partial charge in [-0.3, -0.25) is 9.48 Å². The fraction of sp³-hybridized carbons (Fsp3) is 0.400. The SMILES string of the molecule is CC(Cn1cncn1)NC(=O)c1cc(COc2ccc3c(c2)CCCC3)on1. The van der Waals surface area contributed by atoms with E-state index in [1.807, 2.05) is 13.0 Å². The van der Waals surface area contributed by atoms with Gasteiger partial charge in [0.05, 0.1) is 6.54 Å². The first-order valence-corrected chi connectivity index (χ1v) is 9.51. The van der Waals surface area contributed by atoms with Crippen LogP contribution in [-0.4, -0.2) is 31.9 Å². The molecule has 146 valence electrons. The Kier molecular flexibility index (Phi) is 5.36. The van der Waals surface area contributed by atoms with E-state index in [9.17, 15) is 4.79 Å². The first-order chi connectivity index (χ1) is 13.7. The topological polar surface area (TPSA) is 95.1 Å². The van der Waals surface area contributed by atoms with Crippen molar-refractivity contribution in [1.82, 2.24) is 25.2 Å². The van der Waals surface area contributed by atoms with Gasteiger partial charge in [-0.05, 0) is 55.9 Å². The van der Waals surface area contributed by atoms with Crippen LogP contribution in [0, 0.1) is 0 Å². The summed E-state index contributed by atoms with van der Waals surface area (Å²) in [7, 11) is 0. The Labute approximate surface area is 162 Å². The highest BCUT2D eigenvalue weighted by Gasteiger charge is 2.16. The molecule has 1 N–H and O–H groups in total. The quantitative estimate of drug-likeness (QED) is 0.676. The standard InChI is InChI=1S/C20H23N5O3/c1-14(10-25-13-21-12-22-25)23-20(26)19-9-18(28-24-19)11-27-17-7-6-15-4-2-3-5-16(15)8-17/h6-9,12-14H,2-5,10-11H2,1H3,(H,23,26). The summed E-state index contributed by atoms with van der Waals surface area (Å²) < 4.78 is 12.7. The van der Waals surface area contributed by atoms with Crippen molar-refractivity contribution in [2.75, 3.05) is 0 Å². The van der Waals surface area contributed by atoms with Gasteiger partial charge in [-0.2, -0.15) is 5.10 Å². The third-order valence-corrected chi connectivity index (χ3v) is 4.80. The fourth-order valence-electron chi connectivity index (χ4n) is 3.39. The van der Waals surface area contributed by atoms with Crippen LogP contribution in [0.1, 0.15) is 47.1 Å². The molecular weight excluding hydrogens is 358 g/mol. The van der Waals surface area contributed by atoms with Gasteiger partial charge in [0, 0.05) is 12.1 Å². The van der Waals surface area contributed by atoms with E-state index in [-0.39, 0.29) is 24.2 Å². The highest BCUT2D eigenvalue weighted by Crippen LogP contribution is 2.25. The zero-order chi connectivity index (χ0) is 19.3. The average molecular weight is 381 g/mol. The van der Waals surface area contributed by atoms with Crippen LogP contribution >= 0.6 is 0 Å². The molecule has 0 saturated heterocycles. The number of aromatic nitrogens is 4. The maximum Gasteiger partial charge on any atom is 0.273 e. The van der Waals surface area contributed by atoms with E-state index in [1.54, 1.807) is 17.1 Å². The summed E-state index contributed by atoms with van der Waals surface area (Å²) in [5.74, 6) is 1.02. The fourth-order valence-corrected chi connectivity index (χ4v) is 3.39. The second-order valence-corrected chi connectivity index (χ2v) is 7.10. The summed E-state index contributed by atoms with van der Waals surface area (Å²) in [5, 5.41) is 10.7. The number of carbonyl (C=O) groups excluding carboxylic acids is 1. The highest BCUT2D eigenvalue weighted by atomic mass is 16.5. The van der Waals surface area contributed by atoms with Gasteiger partial charge in [0.2, 0.25) is 0 Å². The molecule has 0 aliphatic heterocycles. The molecule has 1 aliphatic carbocycles. The molecule has 1 amide bonds. The smallest absolute Gasteiger partial charge is 0.273 e. The first-order valence-electron chi connectivity index (χ1n) is 9.51. The zero-order valence-electron chi connectivity index (χ0n) is 15.8. The highest BCUT2D eigenvalue weighted by molar-refractivity contribution is 5.92. The lowest BCUT2D eigenvalue weighted by atomic mass is 9.92. The van der Waals surface area contributed by atoms with E-state index in [2.05, 4.69) is 32.7 Å². The summed E-state index contributed by atoms with van der Waals surface area (Å²) in [4.78, 5) is 16.2. The molecule has 0 fully saturated rings. The largest absolute Gasteiger partial charge is 0.486 e. The van der Waals surface area contributed by atoms with Gasteiger partial charge < -0.3 is 14.6 Å². The molecule has 0 spiro atoms. The van der Waals surface area contributed by atoms with Crippen LogP contribution in [0.3, 0.4) is 0 Å².